The second-order valence-corrected chi connectivity index (χ2v) is 13.8. The molecule has 10 rings (SSSR count). The van der Waals surface area contributed by atoms with E-state index < -0.39 is 0 Å². The molecule has 1 aromatic heterocycles. The van der Waals surface area contributed by atoms with Gasteiger partial charge in [0.2, 0.25) is 0 Å². The van der Waals surface area contributed by atoms with Gasteiger partial charge in [0, 0.05) is 22.4 Å². The summed E-state index contributed by atoms with van der Waals surface area (Å²) in [6.45, 7) is 0. The molecular weight excluding hydrogens is 641 g/mol. The van der Waals surface area contributed by atoms with Crippen LogP contribution in [0.5, 0.6) is 0 Å². The largest absolute Gasteiger partial charge is 0.292 e. The summed E-state index contributed by atoms with van der Waals surface area (Å²) in [5, 5.41) is 5.01. The summed E-state index contributed by atoms with van der Waals surface area (Å²) in [4.78, 5) is 5.44. The lowest BCUT2D eigenvalue weighted by Crippen LogP contribution is -2.01. The molecule has 0 bridgehead atoms. The van der Waals surface area contributed by atoms with E-state index in [0.29, 0.717) is 0 Å². The van der Waals surface area contributed by atoms with E-state index in [1.807, 2.05) is 0 Å². The van der Waals surface area contributed by atoms with Gasteiger partial charge in [0.25, 0.3) is 0 Å². The van der Waals surface area contributed by atoms with Crippen LogP contribution in [0, 0.1) is 0 Å². The molecule has 53 heavy (non-hydrogen) atoms. The van der Waals surface area contributed by atoms with Crippen LogP contribution >= 0.6 is 0 Å². The zero-order chi connectivity index (χ0) is 35.1. The Balaban J connectivity index is 1.25. The SMILES string of the molecule is C1=Cc2cc(-c3c4ccccc4c(-c4cccc(-n5c(-c6ccccc6)nc(-c6ccccc6)c5-c5ccccc5)c4)c4ccccc34)ccc2CC1. The maximum atomic E-state index is 5.44. The molecule has 9 aromatic rings. The van der Waals surface area contributed by atoms with Gasteiger partial charge in [0.1, 0.15) is 5.82 Å². The first-order chi connectivity index (χ1) is 26.3. The van der Waals surface area contributed by atoms with Crippen molar-refractivity contribution < 1.29 is 0 Å². The first-order valence-electron chi connectivity index (χ1n) is 18.4. The van der Waals surface area contributed by atoms with Crippen LogP contribution in [0.3, 0.4) is 0 Å². The third-order valence-electron chi connectivity index (χ3n) is 10.6. The molecule has 0 fully saturated rings. The molecule has 250 valence electrons. The normalized spacial score (nSPS) is 12.3. The van der Waals surface area contributed by atoms with E-state index in [2.05, 4.69) is 199 Å². The number of hydrogen-bond donors (Lipinski definition) is 0. The van der Waals surface area contributed by atoms with Crippen molar-refractivity contribution in [2.75, 3.05) is 0 Å². The predicted molar refractivity (Wildman–Crippen MR) is 223 cm³/mol. The molecule has 2 nitrogen and oxygen atoms in total. The van der Waals surface area contributed by atoms with Gasteiger partial charge in [-0.15, -0.1) is 0 Å². The van der Waals surface area contributed by atoms with Gasteiger partial charge in [0.15, 0.2) is 0 Å². The van der Waals surface area contributed by atoms with Crippen molar-refractivity contribution in [2.45, 2.75) is 12.8 Å². The highest BCUT2D eigenvalue weighted by atomic mass is 15.1. The summed E-state index contributed by atoms with van der Waals surface area (Å²) >= 11 is 0. The monoisotopic (exact) mass is 676 g/mol. The van der Waals surface area contributed by atoms with Crippen LogP contribution in [-0.4, -0.2) is 9.55 Å². The summed E-state index contributed by atoms with van der Waals surface area (Å²) in [5.74, 6) is 0.909. The second kappa shape index (κ2) is 13.1. The van der Waals surface area contributed by atoms with Crippen molar-refractivity contribution >= 4 is 27.6 Å². The minimum absolute atomic E-state index is 0.909. The van der Waals surface area contributed by atoms with Crippen molar-refractivity contribution in [1.29, 1.82) is 0 Å². The minimum Gasteiger partial charge on any atom is -0.292 e. The zero-order valence-electron chi connectivity index (χ0n) is 29.3. The van der Waals surface area contributed by atoms with Crippen LogP contribution in [0.25, 0.3) is 89.5 Å². The molecule has 0 aliphatic heterocycles. The summed E-state index contributed by atoms with van der Waals surface area (Å²) in [7, 11) is 0. The van der Waals surface area contributed by atoms with Gasteiger partial charge in [0.05, 0.1) is 11.4 Å². The maximum Gasteiger partial charge on any atom is 0.145 e. The highest BCUT2D eigenvalue weighted by Crippen LogP contribution is 2.45. The van der Waals surface area contributed by atoms with Crippen molar-refractivity contribution in [1.82, 2.24) is 9.55 Å². The van der Waals surface area contributed by atoms with Crippen LogP contribution < -0.4 is 0 Å². The lowest BCUT2D eigenvalue weighted by Gasteiger charge is -2.20. The average molecular weight is 677 g/mol. The van der Waals surface area contributed by atoms with E-state index in [1.165, 1.54) is 54.9 Å². The van der Waals surface area contributed by atoms with E-state index in [0.717, 1.165) is 52.4 Å². The van der Waals surface area contributed by atoms with Gasteiger partial charge < -0.3 is 0 Å². The number of imidazole rings is 1. The van der Waals surface area contributed by atoms with Crippen LogP contribution in [0.4, 0.5) is 0 Å². The smallest absolute Gasteiger partial charge is 0.145 e. The first kappa shape index (κ1) is 31.0. The van der Waals surface area contributed by atoms with Crippen molar-refractivity contribution in [2.24, 2.45) is 0 Å². The topological polar surface area (TPSA) is 17.8 Å². The van der Waals surface area contributed by atoms with E-state index in [-0.39, 0.29) is 0 Å². The number of rotatable bonds is 6. The molecule has 1 aliphatic rings. The zero-order valence-corrected chi connectivity index (χ0v) is 29.3. The quantitative estimate of drug-likeness (QED) is 0.160. The van der Waals surface area contributed by atoms with E-state index in [1.54, 1.807) is 0 Å². The fraction of sp³-hybridized carbons (Fsp3) is 0.0392. The average Bonchev–Trinajstić information content (AvgIpc) is 3.65. The van der Waals surface area contributed by atoms with Gasteiger partial charge in [-0.1, -0.05) is 176 Å². The summed E-state index contributed by atoms with van der Waals surface area (Å²) in [5.41, 5.74) is 14.1. The summed E-state index contributed by atoms with van der Waals surface area (Å²) < 4.78 is 2.36. The lowest BCUT2D eigenvalue weighted by atomic mass is 9.84. The third kappa shape index (κ3) is 5.39. The number of fused-ring (bicyclic) bond motifs is 3. The van der Waals surface area contributed by atoms with E-state index in [4.69, 9.17) is 4.98 Å². The van der Waals surface area contributed by atoms with Crippen LogP contribution in [0.1, 0.15) is 17.5 Å². The Bertz CT molecular complexity index is 2750. The molecule has 1 aliphatic carbocycles. The molecule has 0 amide bonds. The summed E-state index contributed by atoms with van der Waals surface area (Å²) in [6, 6.07) is 65.7. The second-order valence-electron chi connectivity index (χ2n) is 13.8. The Morgan fingerprint density at radius 1 is 0.434 bits per heavy atom. The molecule has 2 heteroatoms. The minimum atomic E-state index is 0.909. The predicted octanol–water partition coefficient (Wildman–Crippen LogP) is 13.5. The number of hydrogen-bond acceptors (Lipinski definition) is 1. The summed E-state index contributed by atoms with van der Waals surface area (Å²) in [6.07, 6.45) is 6.80. The van der Waals surface area contributed by atoms with E-state index in [9.17, 15) is 0 Å². The molecule has 0 saturated heterocycles. The van der Waals surface area contributed by atoms with Gasteiger partial charge >= 0.3 is 0 Å². The molecule has 1 heterocycles. The Labute approximate surface area is 310 Å². The Morgan fingerprint density at radius 2 is 0.962 bits per heavy atom. The number of aryl methyl sites for hydroxylation is 1. The van der Waals surface area contributed by atoms with Crippen molar-refractivity contribution in [3.05, 3.63) is 199 Å². The fourth-order valence-electron chi connectivity index (χ4n) is 8.25. The molecule has 0 atom stereocenters. The Kier molecular flexibility index (Phi) is 7.66. The Morgan fingerprint density at radius 3 is 1.58 bits per heavy atom. The Hall–Kier alpha value is -6.77. The standard InChI is InChI=1S/C51H36N2/c1-4-18-36(19-5-1)49-50(37-20-6-2-7-21-37)53(51(52-49)38-22-8-3-9-23-38)42-26-16-25-40(34-42)47-43-27-12-14-29-45(43)48(46-30-15-13-28-44(46)47)41-32-31-35-17-10-11-24-39(35)33-41/h1-9,11-16,18-34H,10,17H2. The number of aromatic nitrogens is 2. The fourth-order valence-corrected chi connectivity index (χ4v) is 8.25. The number of allylic oxidation sites excluding steroid dienone is 1. The molecule has 0 N–H and O–H groups in total. The molecular formula is C51H36N2. The molecule has 0 radical (unpaired) electrons. The van der Waals surface area contributed by atoms with Gasteiger partial charge in [-0.05, 0) is 86.0 Å². The van der Waals surface area contributed by atoms with Gasteiger partial charge in [-0.25, -0.2) is 4.98 Å². The molecule has 8 aromatic carbocycles. The highest BCUT2D eigenvalue weighted by Gasteiger charge is 2.24. The molecule has 0 saturated carbocycles. The maximum absolute atomic E-state index is 5.44. The van der Waals surface area contributed by atoms with Crippen LogP contribution in [-0.2, 0) is 6.42 Å². The first-order valence-corrected chi connectivity index (χ1v) is 18.4. The van der Waals surface area contributed by atoms with E-state index >= 15 is 0 Å². The lowest BCUT2D eigenvalue weighted by molar-refractivity contribution is 0.986. The van der Waals surface area contributed by atoms with Crippen LogP contribution in [0.15, 0.2) is 188 Å². The van der Waals surface area contributed by atoms with Crippen LogP contribution in [0.2, 0.25) is 0 Å². The molecule has 0 unspecified atom stereocenters. The van der Waals surface area contributed by atoms with Crippen molar-refractivity contribution in [3.63, 3.8) is 0 Å². The van der Waals surface area contributed by atoms with Gasteiger partial charge in [-0.3, -0.25) is 4.57 Å². The number of benzene rings is 8. The van der Waals surface area contributed by atoms with Gasteiger partial charge in [-0.2, -0.15) is 0 Å². The molecule has 0 spiro atoms. The highest BCUT2D eigenvalue weighted by molar-refractivity contribution is 6.21. The third-order valence-corrected chi connectivity index (χ3v) is 10.6. The number of nitrogens with zero attached hydrogens (tertiary/aromatic N) is 2. The van der Waals surface area contributed by atoms with Crippen molar-refractivity contribution in [3.8, 4) is 61.8 Å².